The first kappa shape index (κ1) is 9.17. The van der Waals surface area contributed by atoms with Crippen molar-refractivity contribution < 1.29 is 0 Å². The average Bonchev–Trinajstić information content (AvgIpc) is 2.90. The van der Waals surface area contributed by atoms with Gasteiger partial charge in [-0.05, 0) is 44.7 Å². The Morgan fingerprint density at radius 3 is 2.71 bits per heavy atom. The van der Waals surface area contributed by atoms with E-state index in [1.54, 1.807) is 0 Å². The van der Waals surface area contributed by atoms with E-state index >= 15 is 0 Å². The van der Waals surface area contributed by atoms with E-state index < -0.39 is 0 Å². The van der Waals surface area contributed by atoms with Crippen molar-refractivity contribution in [2.75, 3.05) is 19.6 Å². The molecule has 1 aliphatic carbocycles. The second kappa shape index (κ2) is 3.82. The highest BCUT2D eigenvalue weighted by molar-refractivity contribution is 4.92. The van der Waals surface area contributed by atoms with Crippen LogP contribution in [-0.4, -0.2) is 36.6 Å². The molecule has 0 aromatic heterocycles. The molecule has 3 rings (SSSR count). The second-order valence-electron chi connectivity index (χ2n) is 5.35. The summed E-state index contributed by atoms with van der Waals surface area (Å²) in [6, 6.07) is 1.80. The van der Waals surface area contributed by atoms with Gasteiger partial charge < -0.3 is 5.32 Å². The summed E-state index contributed by atoms with van der Waals surface area (Å²) in [5, 5.41) is 3.57. The Bertz CT molecular complexity index is 186. The number of hydrogen-bond acceptors (Lipinski definition) is 2. The van der Waals surface area contributed by atoms with Crippen molar-refractivity contribution in [1.29, 1.82) is 0 Å². The fraction of sp³-hybridized carbons (Fsp3) is 1.00. The predicted molar refractivity (Wildman–Crippen MR) is 58.3 cm³/mol. The van der Waals surface area contributed by atoms with Crippen LogP contribution in [0.25, 0.3) is 0 Å². The summed E-state index contributed by atoms with van der Waals surface area (Å²) < 4.78 is 0. The number of hydrogen-bond donors (Lipinski definition) is 1. The highest BCUT2D eigenvalue weighted by atomic mass is 15.2. The summed E-state index contributed by atoms with van der Waals surface area (Å²) in [4.78, 5) is 2.82. The molecule has 14 heavy (non-hydrogen) atoms. The van der Waals surface area contributed by atoms with Gasteiger partial charge in [-0.15, -0.1) is 0 Å². The molecule has 2 saturated heterocycles. The molecule has 0 aromatic carbocycles. The largest absolute Gasteiger partial charge is 0.315 e. The summed E-state index contributed by atoms with van der Waals surface area (Å²) in [6.45, 7) is 3.89. The summed E-state index contributed by atoms with van der Waals surface area (Å²) in [5.74, 6) is 1.10. The quantitative estimate of drug-likeness (QED) is 0.734. The lowest BCUT2D eigenvalue weighted by molar-refractivity contribution is 0.196. The molecule has 0 radical (unpaired) electrons. The minimum absolute atomic E-state index is 0.876. The fourth-order valence-corrected chi connectivity index (χ4v) is 3.18. The summed E-state index contributed by atoms with van der Waals surface area (Å²) in [6.07, 6.45) is 8.82. The van der Waals surface area contributed by atoms with Gasteiger partial charge >= 0.3 is 0 Å². The number of nitrogens with one attached hydrogen (secondary N) is 1. The Hall–Kier alpha value is -0.0800. The van der Waals surface area contributed by atoms with Crippen molar-refractivity contribution in [1.82, 2.24) is 10.2 Å². The number of fused-ring (bicyclic) bond motifs is 2. The molecular formula is C12H22N2. The first-order valence-corrected chi connectivity index (χ1v) is 6.40. The van der Waals surface area contributed by atoms with Crippen LogP contribution in [0.5, 0.6) is 0 Å². The van der Waals surface area contributed by atoms with Gasteiger partial charge in [0, 0.05) is 18.6 Å². The number of rotatable bonds is 3. The first-order chi connectivity index (χ1) is 6.93. The molecule has 3 aliphatic rings. The summed E-state index contributed by atoms with van der Waals surface area (Å²) in [7, 11) is 0. The molecule has 3 fully saturated rings. The van der Waals surface area contributed by atoms with Gasteiger partial charge in [-0.1, -0.05) is 12.8 Å². The Morgan fingerprint density at radius 1 is 1.00 bits per heavy atom. The van der Waals surface area contributed by atoms with Crippen LogP contribution in [0, 0.1) is 5.92 Å². The Morgan fingerprint density at radius 2 is 1.86 bits per heavy atom. The average molecular weight is 194 g/mol. The lowest BCUT2D eigenvalue weighted by atomic mass is 10.1. The standard InChI is InChI=1S/C12H22N2/c1-2-10(1)6-8-14-11-3-4-12(14)9-13-7-5-11/h10-13H,1-9H2. The third kappa shape index (κ3) is 1.82. The maximum Gasteiger partial charge on any atom is 0.0224 e. The molecule has 0 spiro atoms. The molecule has 2 atom stereocenters. The molecule has 1 saturated carbocycles. The molecule has 80 valence electrons. The molecule has 1 N–H and O–H groups in total. The lowest BCUT2D eigenvalue weighted by Gasteiger charge is -2.27. The van der Waals surface area contributed by atoms with Crippen molar-refractivity contribution in [3.05, 3.63) is 0 Å². The van der Waals surface area contributed by atoms with Crippen LogP contribution in [0.1, 0.15) is 38.5 Å². The maximum atomic E-state index is 3.57. The lowest BCUT2D eigenvalue weighted by Crippen LogP contribution is -2.38. The molecule has 2 aliphatic heterocycles. The normalized spacial score (nSPS) is 38.6. The van der Waals surface area contributed by atoms with Crippen molar-refractivity contribution in [3.8, 4) is 0 Å². The number of nitrogens with zero attached hydrogens (tertiary/aromatic N) is 1. The zero-order valence-corrected chi connectivity index (χ0v) is 9.04. The van der Waals surface area contributed by atoms with Gasteiger partial charge in [0.05, 0.1) is 0 Å². The molecule has 2 bridgehead atoms. The van der Waals surface area contributed by atoms with Crippen molar-refractivity contribution in [2.45, 2.75) is 50.6 Å². The first-order valence-electron chi connectivity index (χ1n) is 6.40. The van der Waals surface area contributed by atoms with Gasteiger partial charge in [0.2, 0.25) is 0 Å². The van der Waals surface area contributed by atoms with Gasteiger partial charge in [-0.25, -0.2) is 0 Å². The molecule has 2 unspecified atom stereocenters. The van der Waals surface area contributed by atoms with E-state index in [1.807, 2.05) is 0 Å². The van der Waals surface area contributed by atoms with E-state index in [-0.39, 0.29) is 0 Å². The van der Waals surface area contributed by atoms with E-state index in [2.05, 4.69) is 10.2 Å². The van der Waals surface area contributed by atoms with Crippen LogP contribution >= 0.6 is 0 Å². The van der Waals surface area contributed by atoms with Gasteiger partial charge in [-0.2, -0.15) is 0 Å². The Balaban J connectivity index is 1.58. The van der Waals surface area contributed by atoms with E-state index in [0.29, 0.717) is 0 Å². The highest BCUT2D eigenvalue weighted by Crippen LogP contribution is 2.35. The van der Waals surface area contributed by atoms with Gasteiger partial charge in [0.1, 0.15) is 0 Å². The summed E-state index contributed by atoms with van der Waals surface area (Å²) >= 11 is 0. The van der Waals surface area contributed by atoms with Crippen molar-refractivity contribution >= 4 is 0 Å². The van der Waals surface area contributed by atoms with Gasteiger partial charge in [-0.3, -0.25) is 4.90 Å². The summed E-state index contributed by atoms with van der Waals surface area (Å²) in [5.41, 5.74) is 0. The minimum Gasteiger partial charge on any atom is -0.315 e. The second-order valence-corrected chi connectivity index (χ2v) is 5.35. The van der Waals surface area contributed by atoms with E-state index in [9.17, 15) is 0 Å². The Labute approximate surface area is 87.0 Å². The van der Waals surface area contributed by atoms with Crippen LogP contribution in [0.3, 0.4) is 0 Å². The molecule has 2 heteroatoms. The van der Waals surface area contributed by atoms with Gasteiger partial charge in [0.15, 0.2) is 0 Å². The van der Waals surface area contributed by atoms with Crippen LogP contribution in [0.4, 0.5) is 0 Å². The zero-order chi connectivity index (χ0) is 9.38. The van der Waals surface area contributed by atoms with E-state index in [1.165, 1.54) is 58.2 Å². The Kier molecular flexibility index (Phi) is 2.50. The van der Waals surface area contributed by atoms with E-state index in [0.717, 1.165) is 18.0 Å². The van der Waals surface area contributed by atoms with Crippen LogP contribution in [0.2, 0.25) is 0 Å². The molecular weight excluding hydrogens is 172 g/mol. The van der Waals surface area contributed by atoms with Crippen LogP contribution < -0.4 is 5.32 Å². The highest BCUT2D eigenvalue weighted by Gasteiger charge is 2.35. The van der Waals surface area contributed by atoms with Gasteiger partial charge in [0.25, 0.3) is 0 Å². The smallest absolute Gasteiger partial charge is 0.0224 e. The SMILES string of the molecule is C1CC2CCC(CN1)N2CCC1CC1. The van der Waals surface area contributed by atoms with Crippen LogP contribution in [-0.2, 0) is 0 Å². The monoisotopic (exact) mass is 194 g/mol. The predicted octanol–water partition coefficient (Wildman–Crippen LogP) is 1.61. The zero-order valence-electron chi connectivity index (χ0n) is 9.04. The molecule has 2 heterocycles. The molecule has 0 aromatic rings. The van der Waals surface area contributed by atoms with Crippen molar-refractivity contribution in [3.63, 3.8) is 0 Å². The molecule has 0 amide bonds. The maximum absolute atomic E-state index is 3.57. The fourth-order valence-electron chi connectivity index (χ4n) is 3.18. The van der Waals surface area contributed by atoms with Crippen LogP contribution in [0.15, 0.2) is 0 Å². The third-order valence-corrected chi connectivity index (χ3v) is 4.30. The van der Waals surface area contributed by atoms with E-state index in [4.69, 9.17) is 0 Å². The molecule has 2 nitrogen and oxygen atoms in total. The topological polar surface area (TPSA) is 15.3 Å². The third-order valence-electron chi connectivity index (χ3n) is 4.30. The minimum atomic E-state index is 0.876. The van der Waals surface area contributed by atoms with Crippen molar-refractivity contribution in [2.24, 2.45) is 5.92 Å².